The van der Waals surface area contributed by atoms with Crippen LogP contribution in [0.25, 0.3) is 5.69 Å². The van der Waals surface area contributed by atoms with Crippen molar-refractivity contribution in [1.29, 1.82) is 0 Å². The Kier molecular flexibility index (Phi) is 4.22. The molecule has 1 heterocycles. The molecule has 5 heteroatoms. The van der Waals surface area contributed by atoms with Crippen molar-refractivity contribution < 1.29 is 9.90 Å². The highest BCUT2D eigenvalue weighted by molar-refractivity contribution is 6.30. The quantitative estimate of drug-likeness (QED) is 0.910. The summed E-state index contributed by atoms with van der Waals surface area (Å²) in [6.07, 6.45) is 4.01. The zero-order chi connectivity index (χ0) is 13.8. The van der Waals surface area contributed by atoms with Crippen LogP contribution in [0.5, 0.6) is 0 Å². The third-order valence-electron chi connectivity index (χ3n) is 2.92. The van der Waals surface area contributed by atoms with Gasteiger partial charge in [-0.1, -0.05) is 31.0 Å². The summed E-state index contributed by atoms with van der Waals surface area (Å²) in [7, 11) is 0. The normalized spacial score (nSPS) is 10.6. The molecular formula is C14H15ClN2O2. The molecule has 1 N–H and O–H groups in total. The number of hydrogen-bond donors (Lipinski definition) is 1. The van der Waals surface area contributed by atoms with E-state index in [2.05, 4.69) is 12.0 Å². The van der Waals surface area contributed by atoms with Crippen LogP contribution in [-0.4, -0.2) is 20.9 Å². The maximum atomic E-state index is 11.2. The van der Waals surface area contributed by atoms with E-state index in [1.54, 1.807) is 16.8 Å². The van der Waals surface area contributed by atoms with Crippen LogP contribution < -0.4 is 0 Å². The fourth-order valence-electron chi connectivity index (χ4n) is 1.97. The number of unbranched alkanes of at least 4 members (excludes halogenated alkanes) is 1. The van der Waals surface area contributed by atoms with Gasteiger partial charge in [-0.15, -0.1) is 0 Å². The SMILES string of the molecule is CCCCc1c(C(=O)O)cnn1-c1cccc(Cl)c1. The Balaban J connectivity index is 2.47. The average Bonchev–Trinajstić information content (AvgIpc) is 2.80. The maximum absolute atomic E-state index is 11.2. The van der Waals surface area contributed by atoms with Crippen LogP contribution in [0, 0.1) is 0 Å². The molecule has 2 aromatic rings. The van der Waals surface area contributed by atoms with E-state index in [0.717, 1.165) is 24.2 Å². The Morgan fingerprint density at radius 1 is 1.47 bits per heavy atom. The molecule has 19 heavy (non-hydrogen) atoms. The molecule has 0 fully saturated rings. The molecule has 100 valence electrons. The number of benzene rings is 1. The second-order valence-electron chi connectivity index (χ2n) is 4.31. The minimum atomic E-state index is -0.945. The zero-order valence-corrected chi connectivity index (χ0v) is 11.4. The van der Waals surface area contributed by atoms with Crippen molar-refractivity contribution in [3.05, 3.63) is 46.7 Å². The molecule has 0 aliphatic carbocycles. The van der Waals surface area contributed by atoms with Crippen molar-refractivity contribution in [2.45, 2.75) is 26.2 Å². The number of rotatable bonds is 5. The maximum Gasteiger partial charge on any atom is 0.339 e. The molecule has 4 nitrogen and oxygen atoms in total. The number of nitrogens with zero attached hydrogens (tertiary/aromatic N) is 2. The second-order valence-corrected chi connectivity index (χ2v) is 4.74. The van der Waals surface area contributed by atoms with Gasteiger partial charge in [0.1, 0.15) is 5.56 Å². The number of hydrogen-bond acceptors (Lipinski definition) is 2. The van der Waals surface area contributed by atoms with Gasteiger partial charge in [-0.2, -0.15) is 5.10 Å². The Labute approximate surface area is 116 Å². The molecule has 0 amide bonds. The molecule has 0 saturated heterocycles. The molecule has 0 bridgehead atoms. The first-order valence-electron chi connectivity index (χ1n) is 6.19. The van der Waals surface area contributed by atoms with Gasteiger partial charge in [0.15, 0.2) is 0 Å². The number of carboxylic acid groups (broad SMARTS) is 1. The van der Waals surface area contributed by atoms with Gasteiger partial charge in [0.2, 0.25) is 0 Å². The topological polar surface area (TPSA) is 55.1 Å². The third kappa shape index (κ3) is 2.96. The van der Waals surface area contributed by atoms with Crippen molar-refractivity contribution in [1.82, 2.24) is 9.78 Å². The summed E-state index contributed by atoms with van der Waals surface area (Å²) in [6.45, 7) is 2.07. The standard InChI is InChI=1S/C14H15ClN2O2/c1-2-3-7-13-12(14(18)19)9-16-17(13)11-6-4-5-10(15)8-11/h4-6,8-9H,2-3,7H2,1H3,(H,18,19). The Morgan fingerprint density at radius 3 is 2.89 bits per heavy atom. The Morgan fingerprint density at radius 2 is 2.26 bits per heavy atom. The summed E-state index contributed by atoms with van der Waals surface area (Å²) in [6, 6.07) is 7.23. The van der Waals surface area contributed by atoms with Crippen molar-refractivity contribution in [2.75, 3.05) is 0 Å². The first-order valence-corrected chi connectivity index (χ1v) is 6.57. The van der Waals surface area contributed by atoms with Crippen LogP contribution in [0.2, 0.25) is 5.02 Å². The van der Waals surface area contributed by atoms with Crippen molar-refractivity contribution in [3.8, 4) is 5.69 Å². The van der Waals surface area contributed by atoms with Crippen LogP contribution in [0.4, 0.5) is 0 Å². The summed E-state index contributed by atoms with van der Waals surface area (Å²) >= 11 is 5.96. The van der Waals surface area contributed by atoms with Crippen LogP contribution >= 0.6 is 11.6 Å². The van der Waals surface area contributed by atoms with Gasteiger partial charge < -0.3 is 5.11 Å². The first kappa shape index (κ1) is 13.6. The summed E-state index contributed by atoms with van der Waals surface area (Å²) in [5.41, 5.74) is 1.76. The Bertz CT molecular complexity index is 593. The molecule has 0 radical (unpaired) electrons. The molecule has 1 aromatic heterocycles. The van der Waals surface area contributed by atoms with Crippen LogP contribution in [0.3, 0.4) is 0 Å². The fraction of sp³-hybridized carbons (Fsp3) is 0.286. The van der Waals surface area contributed by atoms with Crippen LogP contribution in [-0.2, 0) is 6.42 Å². The molecule has 0 spiro atoms. The lowest BCUT2D eigenvalue weighted by Gasteiger charge is -2.08. The number of aromatic carboxylic acids is 1. The third-order valence-corrected chi connectivity index (χ3v) is 3.15. The second kappa shape index (κ2) is 5.89. The van der Waals surface area contributed by atoms with E-state index in [9.17, 15) is 9.90 Å². The zero-order valence-electron chi connectivity index (χ0n) is 10.6. The smallest absolute Gasteiger partial charge is 0.339 e. The van der Waals surface area contributed by atoms with Gasteiger partial charge in [0.05, 0.1) is 17.6 Å². The lowest BCUT2D eigenvalue weighted by molar-refractivity contribution is 0.0695. The minimum Gasteiger partial charge on any atom is -0.478 e. The van der Waals surface area contributed by atoms with E-state index in [4.69, 9.17) is 11.6 Å². The summed E-state index contributed by atoms with van der Waals surface area (Å²) in [5.74, 6) is -0.945. The minimum absolute atomic E-state index is 0.258. The number of carboxylic acids is 1. The number of aromatic nitrogens is 2. The number of halogens is 1. The molecule has 0 saturated carbocycles. The van der Waals surface area contributed by atoms with Crippen molar-refractivity contribution in [2.24, 2.45) is 0 Å². The van der Waals surface area contributed by atoms with E-state index in [1.165, 1.54) is 6.20 Å². The molecule has 0 aliphatic heterocycles. The molecular weight excluding hydrogens is 264 g/mol. The number of carbonyl (C=O) groups is 1. The van der Waals surface area contributed by atoms with E-state index < -0.39 is 5.97 Å². The monoisotopic (exact) mass is 278 g/mol. The fourth-order valence-corrected chi connectivity index (χ4v) is 2.15. The van der Waals surface area contributed by atoms with Gasteiger partial charge >= 0.3 is 5.97 Å². The van der Waals surface area contributed by atoms with E-state index >= 15 is 0 Å². The van der Waals surface area contributed by atoms with Gasteiger partial charge in [0.25, 0.3) is 0 Å². The van der Waals surface area contributed by atoms with Crippen molar-refractivity contribution in [3.63, 3.8) is 0 Å². The highest BCUT2D eigenvalue weighted by atomic mass is 35.5. The predicted octanol–water partition coefficient (Wildman–Crippen LogP) is 3.57. The largest absolute Gasteiger partial charge is 0.478 e. The summed E-state index contributed by atoms with van der Waals surface area (Å²) < 4.78 is 1.66. The average molecular weight is 279 g/mol. The molecule has 1 aromatic carbocycles. The lowest BCUT2D eigenvalue weighted by Crippen LogP contribution is -2.06. The van der Waals surface area contributed by atoms with E-state index in [1.807, 2.05) is 12.1 Å². The summed E-state index contributed by atoms with van der Waals surface area (Å²) in [5, 5.41) is 14.0. The molecule has 2 rings (SSSR count). The van der Waals surface area contributed by atoms with Gasteiger partial charge in [0, 0.05) is 5.02 Å². The van der Waals surface area contributed by atoms with E-state index in [0.29, 0.717) is 11.4 Å². The lowest BCUT2D eigenvalue weighted by atomic mass is 10.1. The van der Waals surface area contributed by atoms with Crippen LogP contribution in [0.15, 0.2) is 30.5 Å². The van der Waals surface area contributed by atoms with Crippen molar-refractivity contribution >= 4 is 17.6 Å². The summed E-state index contributed by atoms with van der Waals surface area (Å²) in [4.78, 5) is 11.2. The van der Waals surface area contributed by atoms with Gasteiger partial charge in [-0.3, -0.25) is 0 Å². The van der Waals surface area contributed by atoms with Crippen LogP contribution in [0.1, 0.15) is 35.8 Å². The van der Waals surface area contributed by atoms with Gasteiger partial charge in [-0.05, 0) is 31.0 Å². The van der Waals surface area contributed by atoms with Gasteiger partial charge in [-0.25, -0.2) is 9.48 Å². The predicted molar refractivity (Wildman–Crippen MR) is 74.1 cm³/mol. The molecule has 0 aliphatic rings. The highest BCUT2D eigenvalue weighted by Crippen LogP contribution is 2.20. The van der Waals surface area contributed by atoms with E-state index in [-0.39, 0.29) is 5.56 Å². The molecule has 0 atom stereocenters. The first-order chi connectivity index (χ1) is 9.13. The Hall–Kier alpha value is -1.81. The molecule has 0 unspecified atom stereocenters. The highest BCUT2D eigenvalue weighted by Gasteiger charge is 2.17.